The minimum Gasteiger partial charge on any atom is -0.454 e. The second-order valence-corrected chi connectivity index (χ2v) is 4.62. The third-order valence-corrected chi connectivity index (χ3v) is 3.04. The third-order valence-electron chi connectivity index (χ3n) is 3.04. The van der Waals surface area contributed by atoms with E-state index in [0.29, 0.717) is 22.6 Å². The lowest BCUT2D eigenvalue weighted by Crippen LogP contribution is -2.17. The number of fused-ring (bicyclic) bond motifs is 1. The molecule has 1 aliphatic rings. The summed E-state index contributed by atoms with van der Waals surface area (Å²) in [4.78, 5) is 0. The Morgan fingerprint density at radius 1 is 1.00 bits per heavy atom. The Labute approximate surface area is 118 Å². The maximum absolute atomic E-state index is 12.5. The van der Waals surface area contributed by atoms with Gasteiger partial charge in [-0.25, -0.2) is 0 Å². The fraction of sp³-hybridized carbons (Fsp3) is 0.200. The van der Waals surface area contributed by atoms with Crippen LogP contribution < -0.4 is 14.2 Å². The fourth-order valence-electron chi connectivity index (χ4n) is 2.15. The van der Waals surface area contributed by atoms with E-state index in [1.54, 1.807) is 37.3 Å². The van der Waals surface area contributed by atoms with Crippen LogP contribution in [-0.4, -0.2) is 13.2 Å². The van der Waals surface area contributed by atoms with Crippen molar-refractivity contribution in [3.63, 3.8) is 0 Å². The van der Waals surface area contributed by atoms with Crippen LogP contribution in [0.1, 0.15) is 5.56 Å². The monoisotopic (exact) mass is 296 g/mol. The number of benzene rings is 2. The second kappa shape index (κ2) is 4.87. The van der Waals surface area contributed by atoms with Crippen molar-refractivity contribution in [2.24, 2.45) is 0 Å². The van der Waals surface area contributed by atoms with Crippen LogP contribution in [-0.2, 0) is 0 Å². The predicted molar refractivity (Wildman–Crippen MR) is 69.4 cm³/mol. The zero-order valence-electron chi connectivity index (χ0n) is 11.0. The average Bonchev–Trinajstić information content (AvgIpc) is 2.86. The molecule has 6 heteroatoms. The van der Waals surface area contributed by atoms with E-state index in [-0.39, 0.29) is 12.5 Å². The number of alkyl halides is 3. The molecular formula is C15H11F3O3. The highest BCUT2D eigenvalue weighted by Gasteiger charge is 2.32. The second-order valence-electron chi connectivity index (χ2n) is 4.62. The molecule has 0 N–H and O–H groups in total. The molecule has 0 aromatic heterocycles. The molecule has 0 atom stereocenters. The van der Waals surface area contributed by atoms with Gasteiger partial charge in [-0.3, -0.25) is 0 Å². The van der Waals surface area contributed by atoms with E-state index < -0.39 is 6.36 Å². The van der Waals surface area contributed by atoms with Gasteiger partial charge in [0, 0.05) is 5.56 Å². The van der Waals surface area contributed by atoms with Crippen molar-refractivity contribution in [2.75, 3.05) is 6.79 Å². The molecule has 0 bridgehead atoms. The summed E-state index contributed by atoms with van der Waals surface area (Å²) in [6.45, 7) is 1.91. The van der Waals surface area contributed by atoms with Crippen molar-refractivity contribution >= 4 is 0 Å². The molecule has 1 aliphatic heterocycles. The Hall–Kier alpha value is -2.37. The summed E-state index contributed by atoms with van der Waals surface area (Å²) in [6, 6.07) is 9.49. The molecule has 110 valence electrons. The molecule has 0 radical (unpaired) electrons. The first-order chi connectivity index (χ1) is 9.92. The first-order valence-corrected chi connectivity index (χ1v) is 6.19. The SMILES string of the molecule is Cc1ccc(OC(F)(F)F)c(-c2ccc3c(c2)OCO3)c1. The maximum atomic E-state index is 12.5. The van der Waals surface area contributed by atoms with Crippen LogP contribution in [0.15, 0.2) is 36.4 Å². The minimum absolute atomic E-state index is 0.110. The summed E-state index contributed by atoms with van der Waals surface area (Å²) < 4.78 is 52.0. The maximum Gasteiger partial charge on any atom is 0.573 e. The van der Waals surface area contributed by atoms with Gasteiger partial charge in [-0.05, 0) is 36.8 Å². The van der Waals surface area contributed by atoms with Crippen molar-refractivity contribution in [2.45, 2.75) is 13.3 Å². The first kappa shape index (κ1) is 13.6. The number of hydrogen-bond donors (Lipinski definition) is 0. The van der Waals surface area contributed by atoms with Gasteiger partial charge >= 0.3 is 6.36 Å². The zero-order valence-corrected chi connectivity index (χ0v) is 11.0. The van der Waals surface area contributed by atoms with E-state index in [1.807, 2.05) is 0 Å². The van der Waals surface area contributed by atoms with Crippen molar-refractivity contribution in [1.29, 1.82) is 0 Å². The summed E-state index contributed by atoms with van der Waals surface area (Å²) in [6.07, 6.45) is -4.74. The highest BCUT2D eigenvalue weighted by atomic mass is 19.4. The smallest absolute Gasteiger partial charge is 0.454 e. The predicted octanol–water partition coefficient (Wildman–Crippen LogP) is 4.29. The Morgan fingerprint density at radius 2 is 1.76 bits per heavy atom. The molecule has 0 saturated heterocycles. The van der Waals surface area contributed by atoms with Crippen molar-refractivity contribution in [3.8, 4) is 28.4 Å². The molecule has 0 saturated carbocycles. The quantitative estimate of drug-likeness (QED) is 0.827. The summed E-state index contributed by atoms with van der Waals surface area (Å²) in [5.41, 5.74) is 1.75. The van der Waals surface area contributed by atoms with E-state index in [9.17, 15) is 13.2 Å². The van der Waals surface area contributed by atoms with E-state index in [0.717, 1.165) is 5.56 Å². The molecule has 2 aromatic rings. The lowest BCUT2D eigenvalue weighted by Gasteiger charge is -2.14. The average molecular weight is 296 g/mol. The molecule has 0 aliphatic carbocycles. The van der Waals surface area contributed by atoms with Gasteiger partial charge in [0.25, 0.3) is 0 Å². The van der Waals surface area contributed by atoms with Crippen LogP contribution in [0.4, 0.5) is 13.2 Å². The van der Waals surface area contributed by atoms with E-state index in [2.05, 4.69) is 4.74 Å². The van der Waals surface area contributed by atoms with Crippen LogP contribution in [0.3, 0.4) is 0 Å². The minimum atomic E-state index is -4.74. The van der Waals surface area contributed by atoms with Gasteiger partial charge in [0.05, 0.1) is 0 Å². The van der Waals surface area contributed by atoms with Gasteiger partial charge < -0.3 is 14.2 Å². The van der Waals surface area contributed by atoms with Crippen LogP contribution >= 0.6 is 0 Å². The summed E-state index contributed by atoms with van der Waals surface area (Å²) in [7, 11) is 0. The largest absolute Gasteiger partial charge is 0.573 e. The third kappa shape index (κ3) is 2.89. The lowest BCUT2D eigenvalue weighted by molar-refractivity contribution is -0.274. The molecular weight excluding hydrogens is 285 g/mol. The summed E-state index contributed by atoms with van der Waals surface area (Å²) in [5.74, 6) is 0.837. The molecule has 1 heterocycles. The molecule has 21 heavy (non-hydrogen) atoms. The number of aryl methyl sites for hydroxylation is 1. The molecule has 0 fully saturated rings. The van der Waals surface area contributed by atoms with Crippen LogP contribution in [0, 0.1) is 6.92 Å². The Kier molecular flexibility index (Phi) is 3.16. The lowest BCUT2D eigenvalue weighted by atomic mass is 10.0. The summed E-state index contributed by atoms with van der Waals surface area (Å²) in [5, 5.41) is 0. The van der Waals surface area contributed by atoms with Crippen LogP contribution in [0.2, 0.25) is 0 Å². The molecule has 0 amide bonds. The van der Waals surface area contributed by atoms with Gasteiger partial charge in [0.15, 0.2) is 11.5 Å². The van der Waals surface area contributed by atoms with Crippen molar-refractivity contribution < 1.29 is 27.4 Å². The molecule has 2 aromatic carbocycles. The number of halogens is 3. The topological polar surface area (TPSA) is 27.7 Å². The number of rotatable bonds is 2. The number of ether oxygens (including phenoxy) is 3. The standard InChI is InChI=1S/C15H11F3O3/c1-9-2-4-12(21-15(16,17)18)11(6-9)10-3-5-13-14(7-10)20-8-19-13/h2-7H,8H2,1H3. The highest BCUT2D eigenvalue weighted by molar-refractivity contribution is 5.73. The van der Waals surface area contributed by atoms with Crippen molar-refractivity contribution in [1.82, 2.24) is 0 Å². The van der Waals surface area contributed by atoms with Crippen LogP contribution in [0.25, 0.3) is 11.1 Å². The zero-order chi connectivity index (χ0) is 15.0. The number of hydrogen-bond acceptors (Lipinski definition) is 3. The Morgan fingerprint density at radius 3 is 2.52 bits per heavy atom. The van der Waals surface area contributed by atoms with E-state index in [1.165, 1.54) is 6.07 Å². The first-order valence-electron chi connectivity index (χ1n) is 6.19. The molecule has 3 nitrogen and oxygen atoms in total. The fourth-order valence-corrected chi connectivity index (χ4v) is 2.15. The van der Waals surface area contributed by atoms with Gasteiger partial charge in [-0.15, -0.1) is 13.2 Å². The highest BCUT2D eigenvalue weighted by Crippen LogP contribution is 2.40. The van der Waals surface area contributed by atoms with Crippen molar-refractivity contribution in [3.05, 3.63) is 42.0 Å². The molecule has 0 unspecified atom stereocenters. The van der Waals surface area contributed by atoms with Gasteiger partial charge in [0.2, 0.25) is 6.79 Å². The van der Waals surface area contributed by atoms with Gasteiger partial charge in [-0.2, -0.15) is 0 Å². The van der Waals surface area contributed by atoms with Gasteiger partial charge in [0.1, 0.15) is 5.75 Å². The molecule has 0 spiro atoms. The Bertz CT molecular complexity index is 680. The normalized spacial score (nSPS) is 13.3. The molecule has 3 rings (SSSR count). The van der Waals surface area contributed by atoms with E-state index >= 15 is 0 Å². The summed E-state index contributed by atoms with van der Waals surface area (Å²) >= 11 is 0. The van der Waals surface area contributed by atoms with Gasteiger partial charge in [-0.1, -0.05) is 17.7 Å². The van der Waals surface area contributed by atoms with E-state index in [4.69, 9.17) is 9.47 Å². The Balaban J connectivity index is 2.06. The van der Waals surface area contributed by atoms with Crippen LogP contribution in [0.5, 0.6) is 17.2 Å².